The van der Waals surface area contributed by atoms with Gasteiger partial charge in [-0.15, -0.1) is 11.8 Å². The summed E-state index contributed by atoms with van der Waals surface area (Å²) < 4.78 is 5.58. The van der Waals surface area contributed by atoms with E-state index in [4.69, 9.17) is 9.84 Å². The third kappa shape index (κ3) is 4.79. The number of benzene rings is 1. The molecule has 0 amide bonds. The van der Waals surface area contributed by atoms with Crippen LogP contribution in [0.4, 0.5) is 0 Å². The molecule has 5 heteroatoms. The van der Waals surface area contributed by atoms with Gasteiger partial charge in [-0.25, -0.2) is 9.78 Å². The van der Waals surface area contributed by atoms with Gasteiger partial charge in [0.25, 0.3) is 0 Å². The number of rotatable bonds is 6. The molecule has 0 spiro atoms. The lowest BCUT2D eigenvalue weighted by atomic mass is 10.2. The van der Waals surface area contributed by atoms with Crippen LogP contribution in [0.2, 0.25) is 0 Å². The Morgan fingerprint density at radius 2 is 1.95 bits per heavy atom. The van der Waals surface area contributed by atoms with E-state index in [9.17, 15) is 4.79 Å². The molecule has 1 heterocycles. The van der Waals surface area contributed by atoms with E-state index in [1.807, 2.05) is 13.0 Å². The van der Waals surface area contributed by atoms with E-state index in [0.29, 0.717) is 12.4 Å². The highest BCUT2D eigenvalue weighted by Gasteiger charge is 2.03. The Morgan fingerprint density at radius 3 is 2.57 bits per heavy atom. The van der Waals surface area contributed by atoms with Crippen LogP contribution in [0.1, 0.15) is 21.6 Å². The quantitative estimate of drug-likeness (QED) is 0.653. The van der Waals surface area contributed by atoms with Gasteiger partial charge in [0.15, 0.2) is 0 Å². The Bertz CT molecular complexity index is 606. The fourth-order valence-electron chi connectivity index (χ4n) is 1.88. The minimum atomic E-state index is -0.932. The molecule has 0 unspecified atom stereocenters. The maximum absolute atomic E-state index is 10.7. The summed E-state index contributed by atoms with van der Waals surface area (Å²) in [6, 6.07) is 10.5. The van der Waals surface area contributed by atoms with Crippen LogP contribution >= 0.6 is 11.8 Å². The number of aromatic carboxylic acids is 1. The van der Waals surface area contributed by atoms with Gasteiger partial charge in [-0.2, -0.15) is 0 Å². The summed E-state index contributed by atoms with van der Waals surface area (Å²) >= 11 is 1.65. The van der Waals surface area contributed by atoms with Gasteiger partial charge in [0.2, 0.25) is 0 Å². The molecule has 0 saturated heterocycles. The summed E-state index contributed by atoms with van der Waals surface area (Å²) in [5.41, 5.74) is 2.48. The average molecular weight is 303 g/mol. The van der Waals surface area contributed by atoms with E-state index in [1.165, 1.54) is 17.7 Å². The molecule has 110 valence electrons. The number of ether oxygens (including phenoxy) is 1. The Hall–Kier alpha value is -2.01. The predicted molar refractivity (Wildman–Crippen MR) is 83.3 cm³/mol. The highest BCUT2D eigenvalue weighted by molar-refractivity contribution is 7.99. The standard InChI is InChI=1S/C16H17NO3S/c1-11-9-12(2)17-15(10-11)21-8-7-20-14-5-3-13(4-6-14)16(18)19/h3-6,9-10H,7-8H2,1-2H3,(H,18,19). The predicted octanol–water partition coefficient (Wildman–Crippen LogP) is 3.57. The normalized spacial score (nSPS) is 10.4. The summed E-state index contributed by atoms with van der Waals surface area (Å²) in [6.07, 6.45) is 0. The van der Waals surface area contributed by atoms with Gasteiger partial charge in [0, 0.05) is 11.4 Å². The van der Waals surface area contributed by atoms with E-state index in [1.54, 1.807) is 23.9 Å². The Kier molecular flexibility index (Phi) is 5.22. The smallest absolute Gasteiger partial charge is 0.335 e. The first kappa shape index (κ1) is 15.4. The number of hydrogen-bond acceptors (Lipinski definition) is 4. The van der Waals surface area contributed by atoms with Crippen molar-refractivity contribution in [3.05, 3.63) is 53.2 Å². The molecule has 0 atom stereocenters. The second-order valence-electron chi connectivity index (χ2n) is 4.65. The van der Waals surface area contributed by atoms with Crippen LogP contribution in [0, 0.1) is 13.8 Å². The molecule has 0 bridgehead atoms. The number of carboxylic acids is 1. The largest absolute Gasteiger partial charge is 0.493 e. The third-order valence-electron chi connectivity index (χ3n) is 2.78. The summed E-state index contributed by atoms with van der Waals surface area (Å²) in [5.74, 6) is 0.531. The molecule has 0 saturated carbocycles. The van der Waals surface area contributed by atoms with Gasteiger partial charge in [-0.3, -0.25) is 0 Å². The Labute approximate surface area is 128 Å². The highest BCUT2D eigenvalue weighted by Crippen LogP contribution is 2.18. The van der Waals surface area contributed by atoms with Crippen molar-refractivity contribution in [2.45, 2.75) is 18.9 Å². The van der Waals surface area contributed by atoms with Crippen molar-refractivity contribution < 1.29 is 14.6 Å². The number of aromatic nitrogens is 1. The third-order valence-corrected chi connectivity index (χ3v) is 3.65. The van der Waals surface area contributed by atoms with Crippen molar-refractivity contribution in [3.8, 4) is 5.75 Å². The molecule has 2 aromatic rings. The maximum atomic E-state index is 10.7. The lowest BCUT2D eigenvalue weighted by Gasteiger charge is -2.07. The van der Waals surface area contributed by atoms with E-state index < -0.39 is 5.97 Å². The van der Waals surface area contributed by atoms with E-state index >= 15 is 0 Å². The molecule has 0 aliphatic carbocycles. The first-order chi connectivity index (χ1) is 10.0. The second-order valence-corrected chi connectivity index (χ2v) is 5.77. The number of pyridine rings is 1. The van der Waals surface area contributed by atoms with Gasteiger partial charge in [-0.1, -0.05) is 0 Å². The maximum Gasteiger partial charge on any atom is 0.335 e. The number of carbonyl (C=O) groups is 1. The van der Waals surface area contributed by atoms with Crippen LogP contribution in [0.3, 0.4) is 0 Å². The molecular weight excluding hydrogens is 286 g/mol. The van der Waals surface area contributed by atoms with Crippen LogP contribution in [-0.2, 0) is 0 Å². The molecule has 0 radical (unpaired) electrons. The lowest BCUT2D eigenvalue weighted by Crippen LogP contribution is -2.01. The fourth-order valence-corrected chi connectivity index (χ4v) is 2.73. The van der Waals surface area contributed by atoms with Crippen molar-refractivity contribution in [2.24, 2.45) is 0 Å². The van der Waals surface area contributed by atoms with Gasteiger partial charge in [0.05, 0.1) is 17.2 Å². The molecule has 1 N–H and O–H groups in total. The first-order valence-electron chi connectivity index (χ1n) is 6.59. The molecule has 0 fully saturated rings. The lowest BCUT2D eigenvalue weighted by molar-refractivity contribution is 0.0697. The molecular formula is C16H17NO3S. The molecule has 2 rings (SSSR count). The van der Waals surface area contributed by atoms with Crippen molar-refractivity contribution in [2.75, 3.05) is 12.4 Å². The SMILES string of the molecule is Cc1cc(C)nc(SCCOc2ccc(C(=O)O)cc2)c1. The molecule has 1 aromatic heterocycles. The monoisotopic (exact) mass is 303 g/mol. The van der Waals surface area contributed by atoms with Crippen molar-refractivity contribution in [3.63, 3.8) is 0 Å². The summed E-state index contributed by atoms with van der Waals surface area (Å²) in [4.78, 5) is 15.2. The first-order valence-corrected chi connectivity index (χ1v) is 7.57. The number of carboxylic acid groups (broad SMARTS) is 1. The Morgan fingerprint density at radius 1 is 1.24 bits per heavy atom. The van der Waals surface area contributed by atoms with Crippen LogP contribution in [-0.4, -0.2) is 28.4 Å². The zero-order chi connectivity index (χ0) is 15.2. The average Bonchev–Trinajstić information content (AvgIpc) is 2.43. The number of aryl methyl sites for hydroxylation is 2. The molecule has 0 aliphatic rings. The Balaban J connectivity index is 1.80. The van der Waals surface area contributed by atoms with Crippen LogP contribution in [0.5, 0.6) is 5.75 Å². The van der Waals surface area contributed by atoms with Crippen LogP contribution in [0.15, 0.2) is 41.4 Å². The summed E-state index contributed by atoms with van der Waals surface area (Å²) in [7, 11) is 0. The van der Waals surface area contributed by atoms with Crippen molar-refractivity contribution in [1.82, 2.24) is 4.98 Å². The van der Waals surface area contributed by atoms with Gasteiger partial charge in [0.1, 0.15) is 5.75 Å². The minimum absolute atomic E-state index is 0.260. The van der Waals surface area contributed by atoms with Gasteiger partial charge in [-0.05, 0) is 55.8 Å². The van der Waals surface area contributed by atoms with Crippen LogP contribution in [0.25, 0.3) is 0 Å². The zero-order valence-corrected chi connectivity index (χ0v) is 12.8. The summed E-state index contributed by atoms with van der Waals surface area (Å²) in [6.45, 7) is 4.59. The van der Waals surface area contributed by atoms with Gasteiger partial charge >= 0.3 is 5.97 Å². The van der Waals surface area contributed by atoms with Crippen molar-refractivity contribution in [1.29, 1.82) is 0 Å². The molecule has 1 aromatic carbocycles. The topological polar surface area (TPSA) is 59.4 Å². The molecule has 0 aliphatic heterocycles. The number of hydrogen-bond donors (Lipinski definition) is 1. The number of nitrogens with zero attached hydrogens (tertiary/aromatic N) is 1. The summed E-state index contributed by atoms with van der Waals surface area (Å²) in [5, 5.41) is 9.81. The van der Waals surface area contributed by atoms with Crippen LogP contribution < -0.4 is 4.74 Å². The molecule has 21 heavy (non-hydrogen) atoms. The zero-order valence-electron chi connectivity index (χ0n) is 12.0. The minimum Gasteiger partial charge on any atom is -0.493 e. The fraction of sp³-hybridized carbons (Fsp3) is 0.250. The molecule has 4 nitrogen and oxygen atoms in total. The van der Waals surface area contributed by atoms with Crippen molar-refractivity contribution >= 4 is 17.7 Å². The van der Waals surface area contributed by atoms with E-state index in [2.05, 4.69) is 18.0 Å². The van der Waals surface area contributed by atoms with Gasteiger partial charge < -0.3 is 9.84 Å². The number of thioether (sulfide) groups is 1. The van der Waals surface area contributed by atoms with E-state index in [0.717, 1.165) is 16.5 Å². The highest BCUT2D eigenvalue weighted by atomic mass is 32.2. The van der Waals surface area contributed by atoms with E-state index in [-0.39, 0.29) is 5.56 Å². The second kappa shape index (κ2) is 7.13.